The van der Waals surface area contributed by atoms with Gasteiger partial charge in [0.15, 0.2) is 5.79 Å². The van der Waals surface area contributed by atoms with E-state index in [1.807, 2.05) is 13.8 Å². The number of aliphatic hydroxyl groups is 1. The molecule has 2 aliphatic carbocycles. The lowest BCUT2D eigenvalue weighted by Crippen LogP contribution is -2.41. The van der Waals surface area contributed by atoms with Gasteiger partial charge in [0.1, 0.15) is 0 Å². The van der Waals surface area contributed by atoms with E-state index < -0.39 is 5.79 Å². The molecule has 1 saturated heterocycles. The van der Waals surface area contributed by atoms with Gasteiger partial charge in [-0.15, -0.1) is 0 Å². The van der Waals surface area contributed by atoms with Crippen molar-refractivity contribution in [3.05, 3.63) is 0 Å². The average molecular weight is 339 g/mol. The van der Waals surface area contributed by atoms with Gasteiger partial charge < -0.3 is 14.6 Å². The highest BCUT2D eigenvalue weighted by Gasteiger charge is 2.52. The van der Waals surface area contributed by atoms with Gasteiger partial charge in [-0.1, -0.05) is 20.3 Å². The molecule has 2 unspecified atom stereocenters. The molecule has 1 aliphatic heterocycles. The number of fused-ring (bicyclic) bond motifs is 1. The van der Waals surface area contributed by atoms with E-state index in [1.54, 1.807) is 0 Å². The molecule has 0 aromatic heterocycles. The molecule has 0 radical (unpaired) electrons. The van der Waals surface area contributed by atoms with Crippen molar-refractivity contribution in [1.29, 1.82) is 0 Å². The Bertz CT molecular complexity index is 458. The fraction of sp³-hybridized carbons (Fsp3) is 1.00. The summed E-state index contributed by atoms with van der Waals surface area (Å²) in [6.07, 6.45) is 8.38. The number of ether oxygens (including phenoxy) is 2. The van der Waals surface area contributed by atoms with E-state index in [2.05, 4.69) is 27.7 Å². The molecular weight excluding hydrogens is 300 g/mol. The normalized spacial score (nSPS) is 45.1. The molecule has 3 fully saturated rings. The Kier molecular flexibility index (Phi) is 4.86. The maximum Gasteiger partial charge on any atom is 0.164 e. The molecular formula is C21H38O3. The van der Waals surface area contributed by atoms with Gasteiger partial charge in [-0.2, -0.15) is 0 Å². The van der Waals surface area contributed by atoms with Crippen LogP contribution < -0.4 is 0 Å². The molecule has 1 heterocycles. The standard InChI is InChI=1S/C21H38O3/c1-14(9-12-18-19(2,3)24-20(4,5)23-18)15-10-11-16-17(22)8-7-13-21(15,16)6/h14-18,22H,7-13H2,1-6H3/t14-,15-,16?,17+,18?,21-/m1/s1. The first-order valence-corrected chi connectivity index (χ1v) is 10.1. The quantitative estimate of drug-likeness (QED) is 0.791. The Labute approximate surface area is 148 Å². The molecule has 0 bridgehead atoms. The van der Waals surface area contributed by atoms with Crippen LogP contribution in [0.3, 0.4) is 0 Å². The molecule has 140 valence electrons. The molecule has 0 aromatic carbocycles. The molecule has 3 rings (SSSR count). The first-order chi connectivity index (χ1) is 11.1. The van der Waals surface area contributed by atoms with Crippen LogP contribution in [-0.2, 0) is 9.47 Å². The maximum atomic E-state index is 10.4. The smallest absolute Gasteiger partial charge is 0.164 e. The molecule has 3 aliphatic rings. The SMILES string of the molecule is C[C@H](CCC1OC(C)(C)OC1(C)C)[C@H]1CCC2[C@@H](O)CCC[C@@]21C. The van der Waals surface area contributed by atoms with Gasteiger partial charge in [-0.3, -0.25) is 0 Å². The minimum Gasteiger partial charge on any atom is -0.393 e. The summed E-state index contributed by atoms with van der Waals surface area (Å²) in [6, 6.07) is 0. The monoisotopic (exact) mass is 338 g/mol. The van der Waals surface area contributed by atoms with Gasteiger partial charge in [0.2, 0.25) is 0 Å². The molecule has 3 heteroatoms. The molecule has 0 aromatic rings. The fourth-order valence-corrected chi connectivity index (χ4v) is 6.35. The minimum absolute atomic E-state index is 0.0627. The predicted molar refractivity (Wildman–Crippen MR) is 96.7 cm³/mol. The van der Waals surface area contributed by atoms with Crippen molar-refractivity contribution >= 4 is 0 Å². The van der Waals surface area contributed by atoms with Gasteiger partial charge in [-0.05, 0) is 89.4 Å². The number of aliphatic hydroxyl groups excluding tert-OH is 1. The highest BCUT2D eigenvalue weighted by atomic mass is 16.8. The summed E-state index contributed by atoms with van der Waals surface area (Å²) in [7, 11) is 0. The largest absolute Gasteiger partial charge is 0.393 e. The summed E-state index contributed by atoms with van der Waals surface area (Å²) in [5.74, 6) is 1.50. The molecule has 24 heavy (non-hydrogen) atoms. The van der Waals surface area contributed by atoms with Crippen LogP contribution in [0, 0.1) is 23.2 Å². The number of hydrogen-bond acceptors (Lipinski definition) is 3. The van der Waals surface area contributed by atoms with Crippen LogP contribution in [0.5, 0.6) is 0 Å². The van der Waals surface area contributed by atoms with Crippen LogP contribution in [0.4, 0.5) is 0 Å². The first kappa shape index (κ1) is 18.7. The van der Waals surface area contributed by atoms with Gasteiger partial charge in [0.25, 0.3) is 0 Å². The average Bonchev–Trinajstić information content (AvgIpc) is 2.90. The van der Waals surface area contributed by atoms with E-state index in [0.29, 0.717) is 17.3 Å². The fourth-order valence-electron chi connectivity index (χ4n) is 6.35. The second-order valence-corrected chi connectivity index (χ2v) is 10.0. The molecule has 6 atom stereocenters. The summed E-state index contributed by atoms with van der Waals surface area (Å²) in [5.41, 5.74) is 0.144. The summed E-state index contributed by atoms with van der Waals surface area (Å²) in [6.45, 7) is 13.2. The van der Waals surface area contributed by atoms with Crippen molar-refractivity contribution in [3.63, 3.8) is 0 Å². The summed E-state index contributed by atoms with van der Waals surface area (Å²) in [4.78, 5) is 0. The van der Waals surface area contributed by atoms with Gasteiger partial charge in [0, 0.05) is 0 Å². The lowest BCUT2D eigenvalue weighted by Gasteiger charge is -2.45. The Morgan fingerprint density at radius 1 is 1.08 bits per heavy atom. The van der Waals surface area contributed by atoms with Crippen molar-refractivity contribution in [1.82, 2.24) is 0 Å². The van der Waals surface area contributed by atoms with Crippen molar-refractivity contribution in [2.45, 2.75) is 110 Å². The van der Waals surface area contributed by atoms with Crippen molar-refractivity contribution in [3.8, 4) is 0 Å². The predicted octanol–water partition coefficient (Wildman–Crippen LogP) is 4.91. The van der Waals surface area contributed by atoms with Gasteiger partial charge in [-0.25, -0.2) is 0 Å². The van der Waals surface area contributed by atoms with E-state index >= 15 is 0 Å². The van der Waals surface area contributed by atoms with Crippen LogP contribution in [0.1, 0.15) is 86.5 Å². The Morgan fingerprint density at radius 2 is 1.79 bits per heavy atom. The minimum atomic E-state index is -0.463. The molecule has 0 spiro atoms. The highest BCUT2D eigenvalue weighted by Crippen LogP contribution is 2.58. The zero-order valence-corrected chi connectivity index (χ0v) is 16.6. The topological polar surface area (TPSA) is 38.7 Å². The van der Waals surface area contributed by atoms with Crippen molar-refractivity contribution in [2.75, 3.05) is 0 Å². The summed E-state index contributed by atoms with van der Waals surface area (Å²) in [5, 5.41) is 10.4. The second-order valence-electron chi connectivity index (χ2n) is 10.0. The first-order valence-electron chi connectivity index (χ1n) is 10.1. The lowest BCUT2D eigenvalue weighted by atomic mass is 9.61. The van der Waals surface area contributed by atoms with E-state index in [9.17, 15) is 5.11 Å². The molecule has 3 nitrogen and oxygen atoms in total. The van der Waals surface area contributed by atoms with Crippen molar-refractivity contribution < 1.29 is 14.6 Å². The van der Waals surface area contributed by atoms with Gasteiger partial charge >= 0.3 is 0 Å². The Balaban J connectivity index is 1.61. The van der Waals surface area contributed by atoms with E-state index in [0.717, 1.165) is 18.8 Å². The zero-order chi connectivity index (χ0) is 17.8. The van der Waals surface area contributed by atoms with Crippen LogP contribution in [-0.4, -0.2) is 28.7 Å². The van der Waals surface area contributed by atoms with E-state index in [1.165, 1.54) is 32.1 Å². The second kappa shape index (κ2) is 6.25. The third-order valence-electron chi connectivity index (χ3n) is 7.44. The summed E-state index contributed by atoms with van der Waals surface area (Å²) >= 11 is 0. The molecule has 1 N–H and O–H groups in total. The summed E-state index contributed by atoms with van der Waals surface area (Å²) < 4.78 is 12.2. The van der Waals surface area contributed by atoms with Crippen LogP contribution >= 0.6 is 0 Å². The number of hydrogen-bond donors (Lipinski definition) is 1. The van der Waals surface area contributed by atoms with Crippen molar-refractivity contribution in [2.24, 2.45) is 23.2 Å². The third-order valence-corrected chi connectivity index (χ3v) is 7.44. The maximum absolute atomic E-state index is 10.4. The number of rotatable bonds is 4. The van der Waals surface area contributed by atoms with Crippen LogP contribution in [0.2, 0.25) is 0 Å². The van der Waals surface area contributed by atoms with Crippen LogP contribution in [0.15, 0.2) is 0 Å². The molecule has 2 saturated carbocycles. The Morgan fingerprint density at radius 3 is 2.42 bits per heavy atom. The van der Waals surface area contributed by atoms with E-state index in [4.69, 9.17) is 9.47 Å². The molecule has 0 amide bonds. The van der Waals surface area contributed by atoms with E-state index in [-0.39, 0.29) is 17.8 Å². The lowest BCUT2D eigenvalue weighted by molar-refractivity contribution is -0.157. The van der Waals surface area contributed by atoms with Crippen LogP contribution in [0.25, 0.3) is 0 Å². The highest BCUT2D eigenvalue weighted by molar-refractivity contribution is 5.02. The van der Waals surface area contributed by atoms with Gasteiger partial charge in [0.05, 0.1) is 17.8 Å². The Hall–Kier alpha value is -0.120. The zero-order valence-electron chi connectivity index (χ0n) is 16.6. The third kappa shape index (κ3) is 3.29.